The Morgan fingerprint density at radius 2 is 1.79 bits per heavy atom. The molecule has 0 spiro atoms. The Bertz CT molecular complexity index is 1370. The molecule has 206 valence electrons. The Morgan fingerprint density at radius 1 is 1.08 bits per heavy atom. The number of carbonyl (C=O) groups excluding carboxylic acids is 1. The summed E-state index contributed by atoms with van der Waals surface area (Å²) in [7, 11) is 0. The monoisotopic (exact) mass is 531 g/mol. The number of ether oxygens (including phenoxy) is 1. The second-order valence-electron chi connectivity index (χ2n) is 9.97. The van der Waals surface area contributed by atoms with Gasteiger partial charge in [0, 0.05) is 43.1 Å². The van der Waals surface area contributed by atoms with E-state index in [4.69, 9.17) is 9.15 Å². The van der Waals surface area contributed by atoms with Crippen molar-refractivity contribution in [3.05, 3.63) is 59.9 Å². The van der Waals surface area contributed by atoms with Gasteiger partial charge < -0.3 is 29.6 Å². The van der Waals surface area contributed by atoms with Crippen molar-refractivity contribution in [2.75, 3.05) is 31.1 Å². The van der Waals surface area contributed by atoms with Gasteiger partial charge in [0.1, 0.15) is 35.4 Å². The topological polar surface area (TPSA) is 119 Å². The zero-order valence-electron chi connectivity index (χ0n) is 22.8. The molecule has 0 radical (unpaired) electrons. The van der Waals surface area contributed by atoms with Crippen molar-refractivity contribution in [3.63, 3.8) is 0 Å². The van der Waals surface area contributed by atoms with E-state index in [0.717, 1.165) is 42.3 Å². The van der Waals surface area contributed by atoms with E-state index in [9.17, 15) is 20.3 Å². The molecule has 0 bridgehead atoms. The number of allylic oxidation sites excluding steroid dienone is 1. The summed E-state index contributed by atoms with van der Waals surface area (Å²) >= 11 is 0. The molecular formula is C31H37N3O5. The fraction of sp³-hybridized carbons (Fsp3) is 0.419. The second-order valence-corrected chi connectivity index (χ2v) is 9.97. The molecule has 2 heterocycles. The maximum absolute atomic E-state index is 12.8. The lowest BCUT2D eigenvalue weighted by molar-refractivity contribution is -0.136. The first-order valence-corrected chi connectivity index (χ1v) is 13.6. The van der Waals surface area contributed by atoms with Crippen molar-refractivity contribution >= 4 is 27.9 Å². The van der Waals surface area contributed by atoms with Gasteiger partial charge in [0.2, 0.25) is 0 Å². The molecule has 1 aromatic heterocycles. The zero-order chi connectivity index (χ0) is 27.9. The SMILES string of the molecule is CCCN(CCC)c1ccc2cc(-c3ccc(/C(C)=C(\C#N)C(=O)NC[C@H]4OCC[C@@H](O)[C@@H]4O)o3)ccc2c1. The maximum Gasteiger partial charge on any atom is 0.262 e. The Balaban J connectivity index is 1.50. The zero-order valence-corrected chi connectivity index (χ0v) is 22.8. The molecule has 3 N–H and O–H groups in total. The number of nitrogens with zero attached hydrogens (tertiary/aromatic N) is 2. The summed E-state index contributed by atoms with van der Waals surface area (Å²) in [5.74, 6) is 0.469. The molecule has 8 nitrogen and oxygen atoms in total. The van der Waals surface area contributed by atoms with Crippen LogP contribution in [0.25, 0.3) is 27.7 Å². The molecule has 1 saturated heterocycles. The van der Waals surface area contributed by atoms with Crippen LogP contribution in [0.3, 0.4) is 0 Å². The summed E-state index contributed by atoms with van der Waals surface area (Å²) in [6.07, 6.45) is -0.194. The van der Waals surface area contributed by atoms with Gasteiger partial charge in [-0.1, -0.05) is 32.0 Å². The van der Waals surface area contributed by atoms with Crippen LogP contribution in [0.2, 0.25) is 0 Å². The first-order valence-electron chi connectivity index (χ1n) is 13.6. The van der Waals surface area contributed by atoms with Gasteiger partial charge in [-0.25, -0.2) is 0 Å². The van der Waals surface area contributed by atoms with Gasteiger partial charge in [-0.3, -0.25) is 4.79 Å². The molecular weight excluding hydrogens is 494 g/mol. The number of hydrogen-bond donors (Lipinski definition) is 3. The number of benzene rings is 2. The number of amides is 1. The molecule has 3 atom stereocenters. The highest BCUT2D eigenvalue weighted by molar-refractivity contribution is 6.04. The van der Waals surface area contributed by atoms with Gasteiger partial charge in [0.05, 0.1) is 6.10 Å². The van der Waals surface area contributed by atoms with Crippen LogP contribution in [0.5, 0.6) is 0 Å². The molecule has 1 amide bonds. The number of nitrogens with one attached hydrogen (secondary N) is 1. The molecule has 0 unspecified atom stereocenters. The quantitative estimate of drug-likeness (QED) is 0.257. The van der Waals surface area contributed by atoms with E-state index in [1.54, 1.807) is 13.0 Å². The van der Waals surface area contributed by atoms with Crippen molar-refractivity contribution in [2.24, 2.45) is 0 Å². The number of anilines is 1. The van der Waals surface area contributed by atoms with Crippen LogP contribution in [0, 0.1) is 11.3 Å². The second kappa shape index (κ2) is 12.9. The van der Waals surface area contributed by atoms with Crippen LogP contribution in [-0.2, 0) is 9.53 Å². The smallest absolute Gasteiger partial charge is 0.262 e. The van der Waals surface area contributed by atoms with Crippen LogP contribution in [0.15, 0.2) is 58.5 Å². The van der Waals surface area contributed by atoms with Crippen LogP contribution in [-0.4, -0.2) is 60.7 Å². The number of furan rings is 1. The summed E-state index contributed by atoms with van der Waals surface area (Å²) in [6, 6.07) is 18.2. The number of aliphatic hydroxyl groups excluding tert-OH is 2. The fourth-order valence-electron chi connectivity index (χ4n) is 4.93. The highest BCUT2D eigenvalue weighted by Gasteiger charge is 2.32. The van der Waals surface area contributed by atoms with Crippen LogP contribution in [0.4, 0.5) is 5.69 Å². The van der Waals surface area contributed by atoms with Crippen molar-refractivity contribution in [2.45, 2.75) is 58.3 Å². The first kappa shape index (κ1) is 28.4. The normalized spacial score (nSPS) is 19.8. The van der Waals surface area contributed by atoms with Crippen molar-refractivity contribution in [1.82, 2.24) is 5.32 Å². The van der Waals surface area contributed by atoms with Crippen LogP contribution < -0.4 is 10.2 Å². The van der Waals surface area contributed by atoms with Gasteiger partial charge in [-0.15, -0.1) is 0 Å². The molecule has 1 aliphatic heterocycles. The fourth-order valence-corrected chi connectivity index (χ4v) is 4.93. The van der Waals surface area contributed by atoms with Gasteiger partial charge in [0.15, 0.2) is 0 Å². The molecule has 2 aromatic carbocycles. The highest BCUT2D eigenvalue weighted by atomic mass is 16.5. The molecule has 0 saturated carbocycles. The Labute approximate surface area is 229 Å². The van der Waals surface area contributed by atoms with Crippen molar-refractivity contribution in [3.8, 4) is 17.4 Å². The molecule has 1 aliphatic rings. The van der Waals surface area contributed by atoms with Gasteiger partial charge in [-0.05, 0) is 67.3 Å². The molecule has 1 fully saturated rings. The average molecular weight is 532 g/mol. The Kier molecular flexibility index (Phi) is 9.41. The van der Waals surface area contributed by atoms with Crippen molar-refractivity contribution in [1.29, 1.82) is 5.26 Å². The number of aliphatic hydroxyl groups is 2. The lowest BCUT2D eigenvalue weighted by atomic mass is 10.0. The van der Waals surface area contributed by atoms with Crippen LogP contribution in [0.1, 0.15) is 45.8 Å². The lowest BCUT2D eigenvalue weighted by Crippen LogP contribution is -2.50. The van der Waals surface area contributed by atoms with Gasteiger partial charge >= 0.3 is 0 Å². The van der Waals surface area contributed by atoms with E-state index < -0.39 is 24.2 Å². The number of nitriles is 1. The number of rotatable bonds is 10. The Morgan fingerprint density at radius 3 is 2.51 bits per heavy atom. The summed E-state index contributed by atoms with van der Waals surface area (Å²) in [4.78, 5) is 15.2. The standard InChI is InChI=1S/C31H37N3O5/c1-4-13-34(14-5-2)24-9-8-21-16-23(7-6-22(21)17-24)28-11-10-27(39-28)20(3)25(18-32)31(37)33-19-29-30(36)26(35)12-15-38-29/h6-11,16-17,26,29-30,35-36H,4-5,12-15,19H2,1-3H3,(H,33,37)/b25-20+/t26-,29-,30+/m1/s1. The minimum absolute atomic E-state index is 0.0215. The third-order valence-electron chi connectivity index (χ3n) is 7.13. The summed E-state index contributed by atoms with van der Waals surface area (Å²) in [6.45, 7) is 8.38. The largest absolute Gasteiger partial charge is 0.456 e. The minimum Gasteiger partial charge on any atom is -0.456 e. The summed E-state index contributed by atoms with van der Waals surface area (Å²) in [5, 5.41) is 34.5. The molecule has 8 heteroatoms. The number of hydrogen-bond acceptors (Lipinski definition) is 7. The maximum atomic E-state index is 12.8. The number of fused-ring (bicyclic) bond motifs is 1. The third kappa shape index (κ3) is 6.51. The van der Waals surface area contributed by atoms with E-state index in [0.29, 0.717) is 30.1 Å². The van der Waals surface area contributed by atoms with E-state index in [1.165, 1.54) is 5.69 Å². The first-order chi connectivity index (χ1) is 18.9. The molecule has 39 heavy (non-hydrogen) atoms. The summed E-state index contributed by atoms with van der Waals surface area (Å²) < 4.78 is 11.5. The molecule has 0 aliphatic carbocycles. The van der Waals surface area contributed by atoms with E-state index in [1.807, 2.05) is 18.2 Å². The predicted octanol–water partition coefficient (Wildman–Crippen LogP) is 4.65. The lowest BCUT2D eigenvalue weighted by Gasteiger charge is -2.32. The number of carbonyl (C=O) groups is 1. The Hall–Kier alpha value is -3.64. The van der Waals surface area contributed by atoms with Gasteiger partial charge in [0.25, 0.3) is 5.91 Å². The third-order valence-corrected chi connectivity index (χ3v) is 7.13. The highest BCUT2D eigenvalue weighted by Crippen LogP contribution is 2.31. The van der Waals surface area contributed by atoms with Crippen LogP contribution >= 0.6 is 0 Å². The molecule has 4 rings (SSSR count). The minimum atomic E-state index is -1.09. The predicted molar refractivity (Wildman–Crippen MR) is 152 cm³/mol. The van der Waals surface area contributed by atoms with E-state index in [2.05, 4.69) is 54.4 Å². The molecule has 3 aromatic rings. The average Bonchev–Trinajstić information content (AvgIpc) is 3.44. The summed E-state index contributed by atoms with van der Waals surface area (Å²) in [5.41, 5.74) is 2.45. The van der Waals surface area contributed by atoms with E-state index >= 15 is 0 Å². The van der Waals surface area contributed by atoms with Gasteiger partial charge in [-0.2, -0.15) is 5.26 Å². The van der Waals surface area contributed by atoms with E-state index in [-0.39, 0.29) is 12.1 Å². The van der Waals surface area contributed by atoms with Crippen molar-refractivity contribution < 1.29 is 24.2 Å².